The van der Waals surface area contributed by atoms with Crippen molar-refractivity contribution < 1.29 is 14.3 Å². The van der Waals surface area contributed by atoms with Gasteiger partial charge in [0, 0.05) is 6.20 Å². The molecule has 1 aromatic heterocycles. The summed E-state index contributed by atoms with van der Waals surface area (Å²) < 4.78 is 11.1. The van der Waals surface area contributed by atoms with Gasteiger partial charge in [-0.1, -0.05) is 53.5 Å². The Morgan fingerprint density at radius 2 is 1.77 bits per heavy atom. The zero-order valence-corrected chi connectivity index (χ0v) is 15.0. The first-order valence-electron chi connectivity index (χ1n) is 7.67. The van der Waals surface area contributed by atoms with Crippen molar-refractivity contribution in [3.8, 4) is 17.4 Å². The Hall–Kier alpha value is -2.76. The molecule has 1 amide bonds. The largest absolute Gasteiger partial charge is 0.484 e. The van der Waals surface area contributed by atoms with Crippen LogP contribution in [-0.2, 0) is 4.79 Å². The third kappa shape index (κ3) is 4.88. The molecule has 3 rings (SSSR count). The van der Waals surface area contributed by atoms with Gasteiger partial charge >= 0.3 is 0 Å². The van der Waals surface area contributed by atoms with Crippen LogP contribution in [0.2, 0.25) is 10.0 Å². The fourth-order valence-corrected chi connectivity index (χ4v) is 2.51. The van der Waals surface area contributed by atoms with Gasteiger partial charge in [0.2, 0.25) is 5.88 Å². The number of carbonyl (C=O) groups is 1. The van der Waals surface area contributed by atoms with E-state index in [0.717, 1.165) is 0 Å². The number of carbonyl (C=O) groups excluding carboxylic acids is 1. The maximum absolute atomic E-state index is 12.2. The van der Waals surface area contributed by atoms with E-state index in [4.69, 9.17) is 32.7 Å². The number of hydrogen-bond donors (Lipinski definition) is 1. The highest BCUT2D eigenvalue weighted by Crippen LogP contribution is 2.33. The molecule has 0 bridgehead atoms. The lowest BCUT2D eigenvalue weighted by molar-refractivity contribution is -0.118. The number of aromatic nitrogens is 1. The number of pyridine rings is 1. The number of halogens is 2. The van der Waals surface area contributed by atoms with E-state index in [0.29, 0.717) is 22.2 Å². The van der Waals surface area contributed by atoms with Crippen molar-refractivity contribution >= 4 is 34.8 Å². The van der Waals surface area contributed by atoms with Crippen LogP contribution in [0.1, 0.15) is 0 Å². The molecule has 0 saturated heterocycles. The number of ether oxygens (including phenoxy) is 2. The Balaban J connectivity index is 1.67. The van der Waals surface area contributed by atoms with Gasteiger partial charge in [-0.2, -0.15) is 0 Å². The normalized spacial score (nSPS) is 10.2. The lowest BCUT2D eigenvalue weighted by atomic mass is 10.3. The molecule has 0 radical (unpaired) electrons. The van der Waals surface area contributed by atoms with Crippen LogP contribution in [0.3, 0.4) is 0 Å². The molecule has 7 heteroatoms. The third-order valence-electron chi connectivity index (χ3n) is 3.25. The van der Waals surface area contributed by atoms with Crippen LogP contribution in [0.15, 0.2) is 66.9 Å². The maximum atomic E-state index is 12.2. The van der Waals surface area contributed by atoms with Crippen molar-refractivity contribution in [2.75, 3.05) is 11.9 Å². The molecule has 0 fully saturated rings. The smallest absolute Gasteiger partial charge is 0.262 e. The first kappa shape index (κ1) is 18.0. The molecular formula is C19H14Cl2N2O3. The summed E-state index contributed by atoms with van der Waals surface area (Å²) in [5, 5.41) is 3.42. The molecule has 0 unspecified atom stereocenters. The highest BCUT2D eigenvalue weighted by Gasteiger charge is 2.12. The Morgan fingerprint density at radius 1 is 1.04 bits per heavy atom. The summed E-state index contributed by atoms with van der Waals surface area (Å²) in [7, 11) is 0. The number of amides is 1. The zero-order chi connectivity index (χ0) is 18.4. The monoisotopic (exact) mass is 388 g/mol. The minimum absolute atomic E-state index is 0.127. The topological polar surface area (TPSA) is 60.5 Å². The molecule has 1 heterocycles. The van der Waals surface area contributed by atoms with E-state index in [1.54, 1.807) is 36.4 Å². The lowest BCUT2D eigenvalue weighted by Gasteiger charge is -2.13. The number of para-hydroxylation sites is 3. The van der Waals surface area contributed by atoms with Crippen LogP contribution in [0, 0.1) is 0 Å². The van der Waals surface area contributed by atoms with Gasteiger partial charge in [0.1, 0.15) is 10.8 Å². The Morgan fingerprint density at radius 3 is 2.54 bits per heavy atom. The third-order valence-corrected chi connectivity index (χ3v) is 3.73. The van der Waals surface area contributed by atoms with Gasteiger partial charge in [-0.25, -0.2) is 4.98 Å². The molecule has 0 atom stereocenters. The highest BCUT2D eigenvalue weighted by molar-refractivity contribution is 6.35. The number of rotatable bonds is 6. The quantitative estimate of drug-likeness (QED) is 0.630. The van der Waals surface area contributed by atoms with Crippen molar-refractivity contribution in [1.29, 1.82) is 0 Å². The lowest BCUT2D eigenvalue weighted by Crippen LogP contribution is -2.20. The Bertz CT molecular complexity index is 904. The van der Waals surface area contributed by atoms with E-state index in [1.807, 2.05) is 18.2 Å². The summed E-state index contributed by atoms with van der Waals surface area (Å²) in [6, 6.07) is 17.6. The van der Waals surface area contributed by atoms with E-state index in [-0.39, 0.29) is 23.4 Å². The van der Waals surface area contributed by atoms with Gasteiger partial charge in [-0.05, 0) is 30.3 Å². The standard InChI is InChI=1S/C19H14Cl2N2O3/c20-13-10-15(21)19(22-11-13)26-17-9-5-4-8-16(17)23-18(24)12-25-14-6-2-1-3-7-14/h1-11H,12H2,(H,23,24). The van der Waals surface area contributed by atoms with E-state index in [2.05, 4.69) is 10.3 Å². The predicted octanol–water partition coefficient (Wildman–Crippen LogP) is 5.20. The molecule has 132 valence electrons. The van der Waals surface area contributed by atoms with Crippen molar-refractivity contribution in [2.45, 2.75) is 0 Å². The van der Waals surface area contributed by atoms with Crippen molar-refractivity contribution in [3.63, 3.8) is 0 Å². The second-order valence-electron chi connectivity index (χ2n) is 5.19. The maximum Gasteiger partial charge on any atom is 0.262 e. The van der Waals surface area contributed by atoms with Gasteiger partial charge < -0.3 is 14.8 Å². The predicted molar refractivity (Wildman–Crippen MR) is 101 cm³/mol. The van der Waals surface area contributed by atoms with Crippen LogP contribution in [0.5, 0.6) is 17.4 Å². The number of hydrogen-bond acceptors (Lipinski definition) is 4. The molecule has 26 heavy (non-hydrogen) atoms. The first-order chi connectivity index (χ1) is 12.6. The summed E-state index contributed by atoms with van der Waals surface area (Å²) >= 11 is 11.9. The van der Waals surface area contributed by atoms with Gasteiger partial charge in [-0.3, -0.25) is 4.79 Å². The van der Waals surface area contributed by atoms with E-state index < -0.39 is 0 Å². The van der Waals surface area contributed by atoms with E-state index in [9.17, 15) is 4.79 Å². The van der Waals surface area contributed by atoms with Gasteiger partial charge in [0.15, 0.2) is 12.4 Å². The fraction of sp³-hybridized carbons (Fsp3) is 0.0526. The van der Waals surface area contributed by atoms with Crippen molar-refractivity contribution in [3.05, 3.63) is 76.9 Å². The van der Waals surface area contributed by atoms with Crippen LogP contribution >= 0.6 is 23.2 Å². The van der Waals surface area contributed by atoms with Gasteiger partial charge in [-0.15, -0.1) is 0 Å². The van der Waals surface area contributed by atoms with Crippen molar-refractivity contribution in [1.82, 2.24) is 4.98 Å². The SMILES string of the molecule is O=C(COc1ccccc1)Nc1ccccc1Oc1ncc(Cl)cc1Cl. The van der Waals surface area contributed by atoms with Crippen LogP contribution in [-0.4, -0.2) is 17.5 Å². The molecule has 3 aromatic rings. The van der Waals surface area contributed by atoms with E-state index >= 15 is 0 Å². The van der Waals surface area contributed by atoms with Crippen LogP contribution in [0.25, 0.3) is 0 Å². The molecule has 1 N–H and O–H groups in total. The zero-order valence-electron chi connectivity index (χ0n) is 13.5. The van der Waals surface area contributed by atoms with Crippen LogP contribution in [0.4, 0.5) is 5.69 Å². The van der Waals surface area contributed by atoms with Crippen LogP contribution < -0.4 is 14.8 Å². The summed E-state index contributed by atoms with van der Waals surface area (Å²) in [6.07, 6.45) is 1.43. The second kappa shape index (κ2) is 8.56. The van der Waals surface area contributed by atoms with Gasteiger partial charge in [0.05, 0.1) is 10.7 Å². The minimum Gasteiger partial charge on any atom is -0.484 e. The number of anilines is 1. The highest BCUT2D eigenvalue weighted by atomic mass is 35.5. The molecule has 0 aliphatic carbocycles. The Kier molecular flexibility index (Phi) is 5.94. The molecular weight excluding hydrogens is 375 g/mol. The first-order valence-corrected chi connectivity index (χ1v) is 8.43. The number of nitrogens with zero attached hydrogens (tertiary/aromatic N) is 1. The molecule has 0 aliphatic heterocycles. The molecule has 5 nitrogen and oxygen atoms in total. The summed E-state index contributed by atoms with van der Waals surface area (Å²) in [5.74, 6) is 0.889. The average Bonchev–Trinajstić information content (AvgIpc) is 2.65. The Labute approximate surface area is 160 Å². The fourth-order valence-electron chi connectivity index (χ4n) is 2.09. The van der Waals surface area contributed by atoms with Crippen molar-refractivity contribution in [2.24, 2.45) is 0 Å². The van der Waals surface area contributed by atoms with E-state index in [1.165, 1.54) is 12.3 Å². The summed E-state index contributed by atoms with van der Waals surface area (Å²) in [6.45, 7) is -0.127. The summed E-state index contributed by atoms with van der Waals surface area (Å²) in [4.78, 5) is 16.2. The average molecular weight is 389 g/mol. The molecule has 0 aliphatic rings. The molecule has 0 saturated carbocycles. The number of benzene rings is 2. The second-order valence-corrected chi connectivity index (χ2v) is 6.03. The van der Waals surface area contributed by atoms with Gasteiger partial charge in [0.25, 0.3) is 5.91 Å². The minimum atomic E-state index is -0.319. The molecule has 0 spiro atoms. The number of nitrogens with one attached hydrogen (secondary N) is 1. The summed E-state index contributed by atoms with van der Waals surface area (Å²) in [5.41, 5.74) is 0.474. The molecule has 2 aromatic carbocycles.